The summed E-state index contributed by atoms with van der Waals surface area (Å²) in [6.45, 7) is 2.06. The van der Waals surface area contributed by atoms with Gasteiger partial charge in [-0.05, 0) is 48.2 Å². The van der Waals surface area contributed by atoms with E-state index in [1.165, 1.54) is 12.4 Å². The number of nitrogens with zero attached hydrogens (tertiary/aromatic N) is 2. The van der Waals surface area contributed by atoms with Crippen LogP contribution in [-0.4, -0.2) is 9.97 Å². The Hall–Kier alpha value is -3.24. The van der Waals surface area contributed by atoms with E-state index in [0.717, 1.165) is 37.8 Å². The molecule has 35 heavy (non-hydrogen) atoms. The Morgan fingerprint density at radius 1 is 0.800 bits per heavy atom. The second kappa shape index (κ2) is 10.6. The number of aryl methyl sites for hydroxylation is 1. The summed E-state index contributed by atoms with van der Waals surface area (Å²) in [6, 6.07) is 2.84. The molecule has 2 aromatic carbocycles. The molecule has 0 saturated carbocycles. The predicted molar refractivity (Wildman–Crippen MR) is 111 cm³/mol. The molecule has 1 aromatic heterocycles. The molecule has 3 rings (SSSR count). The molecular formula is C24H20F8N2O. The van der Waals surface area contributed by atoms with Gasteiger partial charge >= 0.3 is 12.3 Å². The van der Waals surface area contributed by atoms with E-state index in [1.807, 2.05) is 0 Å². The maximum atomic E-state index is 14.5. The van der Waals surface area contributed by atoms with Crippen molar-refractivity contribution in [1.29, 1.82) is 0 Å². The van der Waals surface area contributed by atoms with Crippen molar-refractivity contribution in [2.45, 2.75) is 51.3 Å². The first kappa shape index (κ1) is 26.4. The Kier molecular flexibility index (Phi) is 7.97. The number of halogens is 8. The van der Waals surface area contributed by atoms with Crippen LogP contribution in [0, 0.1) is 17.5 Å². The first-order chi connectivity index (χ1) is 16.4. The van der Waals surface area contributed by atoms with Crippen molar-refractivity contribution in [2.24, 2.45) is 0 Å². The molecule has 1 heterocycles. The lowest BCUT2D eigenvalue weighted by molar-refractivity contribution is -0.192. The molecule has 0 fully saturated rings. The third-order valence-electron chi connectivity index (χ3n) is 5.11. The van der Waals surface area contributed by atoms with Gasteiger partial charge in [0.05, 0.1) is 0 Å². The number of unbranched alkanes of at least 4 members (excludes halogenated alkanes) is 3. The zero-order valence-corrected chi connectivity index (χ0v) is 18.4. The van der Waals surface area contributed by atoms with Gasteiger partial charge in [0.2, 0.25) is 5.82 Å². The van der Waals surface area contributed by atoms with Crippen molar-refractivity contribution < 1.29 is 39.9 Å². The Labute approximate surface area is 195 Å². The lowest BCUT2D eigenvalue weighted by Crippen LogP contribution is -2.25. The van der Waals surface area contributed by atoms with Crippen LogP contribution >= 0.6 is 0 Å². The molecule has 11 heteroatoms. The molecule has 0 N–H and O–H groups in total. The van der Waals surface area contributed by atoms with Gasteiger partial charge in [-0.3, -0.25) is 0 Å². The van der Waals surface area contributed by atoms with E-state index in [2.05, 4.69) is 21.6 Å². The summed E-state index contributed by atoms with van der Waals surface area (Å²) >= 11 is 0. The third-order valence-corrected chi connectivity index (χ3v) is 5.11. The topological polar surface area (TPSA) is 35.0 Å². The van der Waals surface area contributed by atoms with Gasteiger partial charge in [0, 0.05) is 24.0 Å². The summed E-state index contributed by atoms with van der Waals surface area (Å²) in [7, 11) is 0. The fraction of sp³-hybridized carbons (Fsp3) is 0.333. The smallest absolute Gasteiger partial charge is 0.426 e. The van der Waals surface area contributed by atoms with Crippen LogP contribution < -0.4 is 4.74 Å². The van der Waals surface area contributed by atoms with Crippen molar-refractivity contribution in [3.63, 3.8) is 0 Å². The van der Waals surface area contributed by atoms with E-state index in [1.54, 1.807) is 0 Å². The summed E-state index contributed by atoms with van der Waals surface area (Å²) in [6.07, 6.45) is -2.21. The quantitative estimate of drug-likeness (QED) is 0.220. The molecule has 0 unspecified atom stereocenters. The van der Waals surface area contributed by atoms with Crippen LogP contribution in [0.2, 0.25) is 0 Å². The predicted octanol–water partition coefficient (Wildman–Crippen LogP) is 7.83. The molecular weight excluding hydrogens is 484 g/mol. The van der Waals surface area contributed by atoms with E-state index in [0.29, 0.717) is 30.2 Å². The molecule has 0 saturated heterocycles. The van der Waals surface area contributed by atoms with Gasteiger partial charge in [-0.1, -0.05) is 26.2 Å². The lowest BCUT2D eigenvalue weighted by atomic mass is 10.0. The van der Waals surface area contributed by atoms with Gasteiger partial charge < -0.3 is 4.74 Å². The van der Waals surface area contributed by atoms with Crippen LogP contribution in [0.25, 0.3) is 11.1 Å². The number of benzene rings is 2. The molecule has 0 aliphatic rings. The molecule has 0 radical (unpaired) electrons. The SMILES string of the molecule is CCCCCCc1cnc(C(F)(F)Oc2ccc(-c3cc(F)c(C(F)(F)F)c(F)c3)c(F)c2)nc1. The Morgan fingerprint density at radius 3 is 1.97 bits per heavy atom. The normalized spacial score (nSPS) is 12.1. The zero-order valence-electron chi connectivity index (χ0n) is 18.4. The van der Waals surface area contributed by atoms with Crippen LogP contribution in [0.5, 0.6) is 5.75 Å². The zero-order chi connectivity index (χ0) is 25.8. The lowest BCUT2D eigenvalue weighted by Gasteiger charge is -2.17. The first-order valence-electron chi connectivity index (χ1n) is 10.7. The highest BCUT2D eigenvalue weighted by molar-refractivity contribution is 5.66. The third kappa shape index (κ3) is 6.46. The Bertz CT molecular complexity index is 1140. The van der Waals surface area contributed by atoms with Crippen LogP contribution in [0.4, 0.5) is 35.1 Å². The number of ether oxygens (including phenoxy) is 1. The van der Waals surface area contributed by atoms with Crippen LogP contribution in [-0.2, 0) is 18.7 Å². The van der Waals surface area contributed by atoms with Crippen LogP contribution in [0.1, 0.15) is 49.6 Å². The Morgan fingerprint density at radius 2 is 1.43 bits per heavy atom. The van der Waals surface area contributed by atoms with Crippen molar-refractivity contribution in [3.8, 4) is 16.9 Å². The minimum atomic E-state index is -5.29. The fourth-order valence-corrected chi connectivity index (χ4v) is 3.38. The van der Waals surface area contributed by atoms with Gasteiger partial charge in [-0.25, -0.2) is 23.1 Å². The van der Waals surface area contributed by atoms with Crippen molar-refractivity contribution in [1.82, 2.24) is 9.97 Å². The highest BCUT2D eigenvalue weighted by Gasteiger charge is 2.39. The first-order valence-corrected chi connectivity index (χ1v) is 10.7. The fourth-order valence-electron chi connectivity index (χ4n) is 3.38. The monoisotopic (exact) mass is 504 g/mol. The van der Waals surface area contributed by atoms with E-state index in [4.69, 9.17) is 0 Å². The second-order valence-corrected chi connectivity index (χ2v) is 7.80. The number of rotatable bonds is 9. The Balaban J connectivity index is 1.76. The standard InChI is InChI=1S/C24H20F8N2O/c1-2-3-4-5-6-14-12-33-22(34-13-14)24(31,32)35-16-7-8-17(18(25)11-16)15-9-19(26)21(20(27)10-15)23(28,29)30/h7-13H,2-6H2,1H3. The summed E-state index contributed by atoms with van der Waals surface area (Å²) in [5.74, 6) is -6.74. The van der Waals surface area contributed by atoms with Gasteiger partial charge in [0.25, 0.3) is 0 Å². The second-order valence-electron chi connectivity index (χ2n) is 7.80. The number of aromatic nitrogens is 2. The molecule has 0 aliphatic heterocycles. The van der Waals surface area contributed by atoms with Crippen LogP contribution in [0.15, 0.2) is 42.7 Å². The molecule has 188 valence electrons. The maximum absolute atomic E-state index is 14.5. The maximum Gasteiger partial charge on any atom is 0.462 e. The minimum absolute atomic E-state index is 0.303. The average molecular weight is 504 g/mol. The highest BCUT2D eigenvalue weighted by Crippen LogP contribution is 2.37. The highest BCUT2D eigenvalue weighted by atomic mass is 19.4. The van der Waals surface area contributed by atoms with Crippen molar-refractivity contribution >= 4 is 0 Å². The average Bonchev–Trinajstić information content (AvgIpc) is 2.75. The number of hydrogen-bond donors (Lipinski definition) is 0. The molecule has 0 bridgehead atoms. The molecule has 0 aliphatic carbocycles. The minimum Gasteiger partial charge on any atom is -0.426 e. The molecule has 3 aromatic rings. The van der Waals surface area contributed by atoms with Crippen molar-refractivity contribution in [2.75, 3.05) is 0 Å². The van der Waals surface area contributed by atoms with Crippen LogP contribution in [0.3, 0.4) is 0 Å². The molecule has 0 spiro atoms. The molecule has 0 amide bonds. The van der Waals surface area contributed by atoms with E-state index in [9.17, 15) is 35.1 Å². The number of hydrogen-bond acceptors (Lipinski definition) is 3. The van der Waals surface area contributed by atoms with Gasteiger partial charge in [0.15, 0.2) is 0 Å². The number of alkyl halides is 5. The summed E-state index contributed by atoms with van der Waals surface area (Å²) in [4.78, 5) is 7.25. The summed E-state index contributed by atoms with van der Waals surface area (Å²) < 4.78 is 114. The van der Waals surface area contributed by atoms with Crippen molar-refractivity contribution in [3.05, 3.63) is 77.1 Å². The van der Waals surface area contributed by atoms with E-state index in [-0.39, 0.29) is 0 Å². The van der Waals surface area contributed by atoms with E-state index < -0.39 is 58.0 Å². The molecule has 0 atom stereocenters. The van der Waals surface area contributed by atoms with Gasteiger partial charge in [0.1, 0.15) is 28.8 Å². The largest absolute Gasteiger partial charge is 0.462 e. The van der Waals surface area contributed by atoms with E-state index >= 15 is 0 Å². The van der Waals surface area contributed by atoms with Gasteiger partial charge in [-0.2, -0.15) is 22.0 Å². The summed E-state index contributed by atoms with van der Waals surface area (Å²) in [5.41, 5.74) is -2.52. The molecule has 3 nitrogen and oxygen atoms in total. The van der Waals surface area contributed by atoms with Gasteiger partial charge in [-0.15, -0.1) is 0 Å². The summed E-state index contributed by atoms with van der Waals surface area (Å²) in [5, 5.41) is 0.